The molecule has 0 aliphatic heterocycles. The second kappa shape index (κ2) is 8.19. The predicted octanol–water partition coefficient (Wildman–Crippen LogP) is 3.71. The average molecular weight is 326 g/mol. The van der Waals surface area contributed by atoms with Gasteiger partial charge in [-0.2, -0.15) is 0 Å². The summed E-state index contributed by atoms with van der Waals surface area (Å²) in [5, 5.41) is 5.60. The van der Waals surface area contributed by atoms with E-state index in [1.807, 2.05) is 36.6 Å². The Balaban J connectivity index is 2.04. The van der Waals surface area contributed by atoms with Crippen LogP contribution in [0, 0.1) is 0 Å². The molecule has 0 fully saturated rings. The van der Waals surface area contributed by atoms with Gasteiger partial charge in [0.15, 0.2) is 0 Å². The van der Waals surface area contributed by atoms with Crippen LogP contribution in [0.1, 0.15) is 5.56 Å². The van der Waals surface area contributed by atoms with Gasteiger partial charge in [-0.15, -0.1) is 11.8 Å². The van der Waals surface area contributed by atoms with E-state index in [1.54, 1.807) is 30.0 Å². The lowest BCUT2D eigenvalue weighted by Crippen LogP contribution is -2.15. The number of carbonyl (C=O) groups is 2. The molecule has 0 aliphatic rings. The van der Waals surface area contributed by atoms with Crippen LogP contribution in [0.4, 0.5) is 11.4 Å². The number of carbonyl (C=O) groups excluding carboxylic acids is 2. The summed E-state index contributed by atoms with van der Waals surface area (Å²) < 4.78 is 0. The maximum Gasteiger partial charge on any atom is 0.247 e. The number of rotatable bonds is 6. The Kier molecular flexibility index (Phi) is 6.00. The molecule has 0 unspecified atom stereocenters. The lowest BCUT2D eigenvalue weighted by molar-refractivity contribution is -0.115. The van der Waals surface area contributed by atoms with Gasteiger partial charge in [-0.3, -0.25) is 9.59 Å². The van der Waals surface area contributed by atoms with Crippen LogP contribution in [0.3, 0.4) is 0 Å². The molecule has 2 N–H and O–H groups in total. The van der Waals surface area contributed by atoms with Crippen LogP contribution in [0.25, 0.3) is 0 Å². The van der Waals surface area contributed by atoms with E-state index in [2.05, 4.69) is 17.2 Å². The number of nitrogens with one attached hydrogen (secondary N) is 2. The van der Waals surface area contributed by atoms with Gasteiger partial charge in [0, 0.05) is 10.6 Å². The van der Waals surface area contributed by atoms with Gasteiger partial charge < -0.3 is 10.6 Å². The van der Waals surface area contributed by atoms with Crippen molar-refractivity contribution in [2.45, 2.75) is 11.3 Å². The van der Waals surface area contributed by atoms with Crippen LogP contribution >= 0.6 is 11.8 Å². The van der Waals surface area contributed by atoms with Crippen molar-refractivity contribution in [2.75, 3.05) is 16.9 Å². The van der Waals surface area contributed by atoms with Crippen molar-refractivity contribution in [1.82, 2.24) is 0 Å². The van der Waals surface area contributed by atoms with Gasteiger partial charge >= 0.3 is 0 Å². The molecule has 2 amide bonds. The zero-order valence-corrected chi connectivity index (χ0v) is 13.7. The molecule has 118 valence electrons. The number of anilines is 2. The Hall–Kier alpha value is -2.53. The normalized spacial score (nSPS) is 9.96. The quantitative estimate of drug-likeness (QED) is 0.628. The minimum absolute atomic E-state index is 0.0984. The van der Waals surface area contributed by atoms with Gasteiger partial charge in [0.1, 0.15) is 0 Å². The highest BCUT2D eigenvalue weighted by atomic mass is 32.2. The molecule has 4 nitrogen and oxygen atoms in total. The first-order valence-corrected chi connectivity index (χ1v) is 8.30. The van der Waals surface area contributed by atoms with Gasteiger partial charge in [0.25, 0.3) is 0 Å². The third kappa shape index (κ3) is 5.00. The molecule has 2 aromatic carbocycles. The Morgan fingerprint density at radius 3 is 2.65 bits per heavy atom. The van der Waals surface area contributed by atoms with Crippen LogP contribution in [-0.4, -0.2) is 18.1 Å². The molecular formula is C18H18N2O2S. The molecule has 0 heterocycles. The summed E-state index contributed by atoms with van der Waals surface area (Å²) in [7, 11) is 0. The second-order valence-corrected chi connectivity index (χ2v) is 5.67. The summed E-state index contributed by atoms with van der Waals surface area (Å²) in [5.41, 5.74) is 2.27. The van der Waals surface area contributed by atoms with E-state index < -0.39 is 0 Å². The third-order valence-electron chi connectivity index (χ3n) is 3.13. The Morgan fingerprint density at radius 1 is 1.13 bits per heavy atom. The molecule has 23 heavy (non-hydrogen) atoms. The van der Waals surface area contributed by atoms with Gasteiger partial charge in [-0.25, -0.2) is 0 Å². The van der Waals surface area contributed by atoms with Crippen molar-refractivity contribution >= 4 is 35.0 Å². The number of thioether (sulfide) groups is 1. The molecule has 0 radical (unpaired) electrons. The molecule has 2 aromatic rings. The van der Waals surface area contributed by atoms with Crippen LogP contribution in [0.2, 0.25) is 0 Å². The lowest BCUT2D eigenvalue weighted by atomic mass is 10.1. The maximum absolute atomic E-state index is 12.2. The summed E-state index contributed by atoms with van der Waals surface area (Å²) in [5.74, 6) is -0.376. The number of amides is 2. The number of para-hydroxylation sites is 1. The first-order valence-electron chi connectivity index (χ1n) is 7.07. The topological polar surface area (TPSA) is 58.2 Å². The summed E-state index contributed by atoms with van der Waals surface area (Å²) in [6.45, 7) is 3.41. The smallest absolute Gasteiger partial charge is 0.247 e. The van der Waals surface area contributed by atoms with Crippen LogP contribution in [-0.2, 0) is 16.0 Å². The Bertz CT molecular complexity index is 728. The minimum Gasteiger partial charge on any atom is -0.325 e. The van der Waals surface area contributed by atoms with E-state index in [0.29, 0.717) is 5.69 Å². The van der Waals surface area contributed by atoms with E-state index >= 15 is 0 Å². The molecular weight excluding hydrogens is 308 g/mol. The minimum atomic E-state index is -0.277. The van der Waals surface area contributed by atoms with Gasteiger partial charge in [0.05, 0.1) is 12.1 Å². The monoisotopic (exact) mass is 326 g/mol. The predicted molar refractivity (Wildman–Crippen MR) is 95.8 cm³/mol. The first kappa shape index (κ1) is 16.8. The van der Waals surface area contributed by atoms with Gasteiger partial charge in [-0.1, -0.05) is 30.8 Å². The first-order chi connectivity index (χ1) is 11.1. The van der Waals surface area contributed by atoms with Crippen LogP contribution in [0.15, 0.2) is 66.1 Å². The highest BCUT2D eigenvalue weighted by Crippen LogP contribution is 2.24. The van der Waals surface area contributed by atoms with E-state index in [9.17, 15) is 9.59 Å². The highest BCUT2D eigenvalue weighted by Gasteiger charge is 2.08. The summed E-state index contributed by atoms with van der Waals surface area (Å²) in [6.07, 6.45) is 3.41. The van der Waals surface area contributed by atoms with Crippen molar-refractivity contribution in [3.63, 3.8) is 0 Å². The van der Waals surface area contributed by atoms with Crippen LogP contribution in [0.5, 0.6) is 0 Å². The summed E-state index contributed by atoms with van der Waals surface area (Å²) in [6, 6.07) is 14.9. The molecule has 2 rings (SSSR count). The fraction of sp³-hybridized carbons (Fsp3) is 0.111. The highest BCUT2D eigenvalue weighted by molar-refractivity contribution is 7.98. The molecule has 0 saturated heterocycles. The van der Waals surface area contributed by atoms with Crippen molar-refractivity contribution < 1.29 is 9.59 Å². The SMILES string of the molecule is C=CC(=O)Nc1cccc(CC(=O)Nc2ccccc2SC)c1. The van der Waals surface area contributed by atoms with Crippen LogP contribution < -0.4 is 10.6 Å². The van der Waals surface area contributed by atoms with E-state index in [1.165, 1.54) is 6.08 Å². The van der Waals surface area contributed by atoms with E-state index in [4.69, 9.17) is 0 Å². The average Bonchev–Trinajstić information content (AvgIpc) is 2.55. The largest absolute Gasteiger partial charge is 0.325 e. The lowest BCUT2D eigenvalue weighted by Gasteiger charge is -2.10. The number of benzene rings is 2. The van der Waals surface area contributed by atoms with E-state index in [-0.39, 0.29) is 18.2 Å². The molecule has 0 aromatic heterocycles. The molecule has 0 aliphatic carbocycles. The summed E-state index contributed by atoms with van der Waals surface area (Å²) >= 11 is 1.58. The maximum atomic E-state index is 12.2. The molecule has 5 heteroatoms. The molecule has 0 spiro atoms. The van der Waals surface area contributed by atoms with Crippen molar-refractivity contribution in [1.29, 1.82) is 0 Å². The van der Waals surface area contributed by atoms with Crippen molar-refractivity contribution in [3.8, 4) is 0 Å². The van der Waals surface area contributed by atoms with E-state index in [0.717, 1.165) is 16.1 Å². The fourth-order valence-electron chi connectivity index (χ4n) is 2.08. The van der Waals surface area contributed by atoms with Gasteiger partial charge in [0.2, 0.25) is 11.8 Å². The second-order valence-electron chi connectivity index (χ2n) is 4.82. The Morgan fingerprint density at radius 2 is 1.91 bits per heavy atom. The fourth-order valence-corrected chi connectivity index (χ4v) is 2.63. The number of hydrogen-bond donors (Lipinski definition) is 2. The molecule has 0 bridgehead atoms. The zero-order valence-electron chi connectivity index (χ0n) is 12.8. The molecule has 0 atom stereocenters. The molecule has 0 saturated carbocycles. The third-order valence-corrected chi connectivity index (χ3v) is 3.92. The summed E-state index contributed by atoms with van der Waals surface area (Å²) in [4.78, 5) is 24.6. The van der Waals surface area contributed by atoms with Crippen molar-refractivity contribution in [3.05, 3.63) is 66.7 Å². The van der Waals surface area contributed by atoms with Gasteiger partial charge in [-0.05, 0) is 42.2 Å². The standard InChI is InChI=1S/C18H18N2O2S/c1-3-17(21)19-14-8-6-7-13(11-14)12-18(22)20-15-9-4-5-10-16(15)23-2/h3-11H,1,12H2,2H3,(H,19,21)(H,20,22). The number of hydrogen-bond acceptors (Lipinski definition) is 3. The zero-order chi connectivity index (χ0) is 16.7. The van der Waals surface area contributed by atoms with Crippen molar-refractivity contribution in [2.24, 2.45) is 0 Å². The Labute approximate surface area is 140 Å².